The van der Waals surface area contributed by atoms with Crippen LogP contribution in [0.2, 0.25) is 0 Å². The second kappa shape index (κ2) is 3.44. The molecule has 1 nitrogen and oxygen atoms in total. The Morgan fingerprint density at radius 1 is 1.50 bits per heavy atom. The average molecular weight is 162 g/mol. The monoisotopic (exact) mass is 162 g/mol. The summed E-state index contributed by atoms with van der Waals surface area (Å²) in [7, 11) is 0. The zero-order valence-electron chi connectivity index (χ0n) is 7.59. The minimum absolute atomic E-state index is 0.403. The van der Waals surface area contributed by atoms with Gasteiger partial charge >= 0.3 is 0 Å². The topological polar surface area (TPSA) is 20.2 Å². The molecule has 0 atom stereocenters. The van der Waals surface area contributed by atoms with Crippen LogP contribution < -0.4 is 0 Å². The van der Waals surface area contributed by atoms with Crippen molar-refractivity contribution < 1.29 is 5.11 Å². The summed E-state index contributed by atoms with van der Waals surface area (Å²) in [5.74, 6) is 0.403. The Morgan fingerprint density at radius 2 is 2.17 bits per heavy atom. The smallest absolute Gasteiger partial charge is 0.121 e. The van der Waals surface area contributed by atoms with Crippen LogP contribution in [0.4, 0.5) is 0 Å². The van der Waals surface area contributed by atoms with Crippen molar-refractivity contribution in [2.24, 2.45) is 0 Å². The molecule has 12 heavy (non-hydrogen) atoms. The van der Waals surface area contributed by atoms with Gasteiger partial charge in [0.25, 0.3) is 0 Å². The Hall–Kier alpha value is -1.24. The van der Waals surface area contributed by atoms with Crippen molar-refractivity contribution in [2.75, 3.05) is 0 Å². The van der Waals surface area contributed by atoms with E-state index in [1.807, 2.05) is 32.0 Å². The van der Waals surface area contributed by atoms with Crippen molar-refractivity contribution in [1.82, 2.24) is 0 Å². The van der Waals surface area contributed by atoms with E-state index in [0.29, 0.717) is 5.75 Å². The summed E-state index contributed by atoms with van der Waals surface area (Å²) in [6.45, 7) is 7.67. The summed E-state index contributed by atoms with van der Waals surface area (Å²) in [4.78, 5) is 0. The third kappa shape index (κ3) is 1.88. The van der Waals surface area contributed by atoms with Crippen molar-refractivity contribution in [3.8, 4) is 5.75 Å². The number of benzene rings is 1. The van der Waals surface area contributed by atoms with Crippen molar-refractivity contribution in [2.45, 2.75) is 20.3 Å². The van der Waals surface area contributed by atoms with E-state index in [9.17, 15) is 5.11 Å². The zero-order chi connectivity index (χ0) is 9.14. The van der Waals surface area contributed by atoms with E-state index >= 15 is 0 Å². The molecule has 0 fully saturated rings. The van der Waals surface area contributed by atoms with Gasteiger partial charge in [-0.3, -0.25) is 0 Å². The quantitative estimate of drug-likeness (QED) is 0.663. The number of aromatic hydroxyl groups is 1. The fourth-order valence-corrected chi connectivity index (χ4v) is 1.19. The molecule has 0 bridgehead atoms. The van der Waals surface area contributed by atoms with Crippen LogP contribution in [0.5, 0.6) is 5.75 Å². The van der Waals surface area contributed by atoms with E-state index in [1.165, 1.54) is 0 Å². The van der Waals surface area contributed by atoms with Gasteiger partial charge in [0, 0.05) is 0 Å². The maximum absolute atomic E-state index is 9.61. The molecule has 0 amide bonds. The van der Waals surface area contributed by atoms with Gasteiger partial charge in [0.15, 0.2) is 0 Å². The predicted octanol–water partition coefficient (Wildman–Crippen LogP) is 2.82. The Kier molecular flexibility index (Phi) is 2.54. The highest BCUT2D eigenvalue weighted by atomic mass is 16.3. The first-order valence-electron chi connectivity index (χ1n) is 4.03. The molecule has 1 heteroatoms. The molecule has 0 radical (unpaired) electrons. The van der Waals surface area contributed by atoms with E-state index in [2.05, 4.69) is 6.58 Å². The van der Waals surface area contributed by atoms with Crippen LogP contribution in [0, 0.1) is 6.92 Å². The predicted molar refractivity (Wildman–Crippen MR) is 51.4 cm³/mol. The second-order valence-electron chi connectivity index (χ2n) is 3.22. The van der Waals surface area contributed by atoms with Crippen LogP contribution in [-0.2, 0) is 6.42 Å². The van der Waals surface area contributed by atoms with Crippen molar-refractivity contribution in [3.63, 3.8) is 0 Å². The molecule has 1 aromatic carbocycles. The van der Waals surface area contributed by atoms with Crippen molar-refractivity contribution in [3.05, 3.63) is 41.5 Å². The highest BCUT2D eigenvalue weighted by molar-refractivity contribution is 5.40. The first-order chi connectivity index (χ1) is 5.61. The lowest BCUT2D eigenvalue weighted by Crippen LogP contribution is -1.87. The molecule has 0 aromatic heterocycles. The number of rotatable bonds is 2. The summed E-state index contributed by atoms with van der Waals surface area (Å²) >= 11 is 0. The highest BCUT2D eigenvalue weighted by Gasteiger charge is 2.02. The Morgan fingerprint density at radius 3 is 2.75 bits per heavy atom. The van der Waals surface area contributed by atoms with E-state index in [4.69, 9.17) is 0 Å². The lowest BCUT2D eigenvalue weighted by atomic mass is 10.0. The molecule has 1 aromatic rings. The Labute approximate surface area is 73.4 Å². The van der Waals surface area contributed by atoms with E-state index < -0.39 is 0 Å². The van der Waals surface area contributed by atoms with Gasteiger partial charge in [0.1, 0.15) is 5.75 Å². The Bertz CT molecular complexity index is 300. The molecule has 0 heterocycles. The maximum Gasteiger partial charge on any atom is 0.121 e. The van der Waals surface area contributed by atoms with Crippen LogP contribution in [0.3, 0.4) is 0 Å². The molecule has 0 aliphatic heterocycles. The lowest BCUT2D eigenvalue weighted by Gasteiger charge is -2.05. The zero-order valence-corrected chi connectivity index (χ0v) is 7.59. The number of aryl methyl sites for hydroxylation is 1. The number of para-hydroxylation sites is 1. The normalized spacial score (nSPS) is 9.83. The second-order valence-corrected chi connectivity index (χ2v) is 3.22. The SMILES string of the molecule is C=C(C)Cc1cccc(C)c1O. The van der Waals surface area contributed by atoms with Gasteiger partial charge in [0.2, 0.25) is 0 Å². The standard InChI is InChI=1S/C11H14O/c1-8(2)7-10-6-4-5-9(3)11(10)12/h4-6,12H,1,7H2,2-3H3. The first-order valence-corrected chi connectivity index (χ1v) is 4.03. The minimum Gasteiger partial charge on any atom is -0.507 e. The van der Waals surface area contributed by atoms with Gasteiger partial charge < -0.3 is 5.11 Å². The molecule has 1 rings (SSSR count). The van der Waals surface area contributed by atoms with E-state index in [1.54, 1.807) is 0 Å². The van der Waals surface area contributed by atoms with Gasteiger partial charge in [-0.25, -0.2) is 0 Å². The first kappa shape index (κ1) is 8.85. The summed E-state index contributed by atoms with van der Waals surface area (Å²) in [6.07, 6.45) is 0.757. The summed E-state index contributed by atoms with van der Waals surface area (Å²) in [5.41, 5.74) is 2.95. The maximum atomic E-state index is 9.61. The molecule has 0 saturated heterocycles. The van der Waals surface area contributed by atoms with Crippen LogP contribution in [0.15, 0.2) is 30.4 Å². The minimum atomic E-state index is 0.403. The molecule has 0 saturated carbocycles. The van der Waals surface area contributed by atoms with Crippen molar-refractivity contribution in [1.29, 1.82) is 0 Å². The van der Waals surface area contributed by atoms with Crippen LogP contribution in [0.1, 0.15) is 18.1 Å². The van der Waals surface area contributed by atoms with Gasteiger partial charge in [-0.1, -0.05) is 30.4 Å². The van der Waals surface area contributed by atoms with Crippen LogP contribution >= 0.6 is 0 Å². The number of phenolic OH excluding ortho intramolecular Hbond substituents is 1. The number of phenols is 1. The van der Waals surface area contributed by atoms with Crippen LogP contribution in [-0.4, -0.2) is 5.11 Å². The van der Waals surface area contributed by atoms with Gasteiger partial charge in [-0.15, -0.1) is 0 Å². The van der Waals surface area contributed by atoms with Gasteiger partial charge in [-0.2, -0.15) is 0 Å². The average Bonchev–Trinajstić information content (AvgIpc) is 1.98. The molecule has 0 aliphatic rings. The fraction of sp³-hybridized carbons (Fsp3) is 0.273. The van der Waals surface area contributed by atoms with Gasteiger partial charge in [-0.05, 0) is 31.4 Å². The molecular weight excluding hydrogens is 148 g/mol. The summed E-state index contributed by atoms with van der Waals surface area (Å²) < 4.78 is 0. The van der Waals surface area contributed by atoms with Gasteiger partial charge in [0.05, 0.1) is 0 Å². The van der Waals surface area contributed by atoms with E-state index in [0.717, 1.165) is 23.1 Å². The third-order valence-corrected chi connectivity index (χ3v) is 1.81. The van der Waals surface area contributed by atoms with Crippen LogP contribution in [0.25, 0.3) is 0 Å². The lowest BCUT2D eigenvalue weighted by molar-refractivity contribution is 0.465. The molecule has 0 spiro atoms. The van der Waals surface area contributed by atoms with Crippen molar-refractivity contribution >= 4 is 0 Å². The summed E-state index contributed by atoms with van der Waals surface area (Å²) in [5, 5.41) is 9.61. The Balaban J connectivity index is 3.00. The third-order valence-electron chi connectivity index (χ3n) is 1.81. The molecule has 0 unspecified atom stereocenters. The van der Waals surface area contributed by atoms with E-state index in [-0.39, 0.29) is 0 Å². The molecular formula is C11H14O. The number of hydrogen-bond donors (Lipinski definition) is 1. The number of allylic oxidation sites excluding steroid dienone is 1. The summed E-state index contributed by atoms with van der Waals surface area (Å²) in [6, 6.07) is 5.78. The largest absolute Gasteiger partial charge is 0.507 e. The molecule has 0 aliphatic carbocycles. The molecule has 1 N–H and O–H groups in total. The molecule has 64 valence electrons. The highest BCUT2D eigenvalue weighted by Crippen LogP contribution is 2.23. The fourth-order valence-electron chi connectivity index (χ4n) is 1.19. The number of hydrogen-bond acceptors (Lipinski definition) is 1.